The molecular weight excluding hydrogens is 432 g/mol. The number of ether oxygens (including phenoxy) is 2. The van der Waals surface area contributed by atoms with Crippen LogP contribution in [0.15, 0.2) is 34.9 Å². The number of fused-ring (bicyclic) bond motifs is 1. The van der Waals surface area contributed by atoms with E-state index >= 15 is 0 Å². The Morgan fingerprint density at radius 2 is 1.91 bits per heavy atom. The molecule has 1 aromatic carbocycles. The van der Waals surface area contributed by atoms with E-state index in [1.807, 2.05) is 51.2 Å². The van der Waals surface area contributed by atoms with Gasteiger partial charge in [-0.15, -0.1) is 0 Å². The van der Waals surface area contributed by atoms with Crippen molar-refractivity contribution >= 4 is 28.4 Å². The largest absolute Gasteiger partial charge is 0.495 e. The molecule has 2 aliphatic rings. The molecule has 3 aromatic heterocycles. The first-order valence-corrected chi connectivity index (χ1v) is 11.4. The first kappa shape index (κ1) is 20.9. The van der Waals surface area contributed by atoms with Gasteiger partial charge in [0.05, 0.1) is 32.5 Å². The van der Waals surface area contributed by atoms with Gasteiger partial charge in [-0.3, -0.25) is 0 Å². The predicted molar refractivity (Wildman–Crippen MR) is 129 cm³/mol. The molecule has 1 spiro atoms. The van der Waals surface area contributed by atoms with Crippen LogP contribution < -0.4 is 15.0 Å². The number of methoxy groups -OCH3 is 1. The third-order valence-corrected chi connectivity index (χ3v) is 6.52. The van der Waals surface area contributed by atoms with E-state index in [2.05, 4.69) is 20.2 Å². The van der Waals surface area contributed by atoms with Crippen LogP contribution in [-0.2, 0) is 4.74 Å². The van der Waals surface area contributed by atoms with Crippen molar-refractivity contribution < 1.29 is 13.9 Å². The van der Waals surface area contributed by atoms with Gasteiger partial charge in [-0.1, -0.05) is 6.07 Å². The van der Waals surface area contributed by atoms with Gasteiger partial charge < -0.3 is 24.1 Å². The average molecular weight is 459 g/mol. The number of rotatable bonds is 5. The van der Waals surface area contributed by atoms with Crippen molar-refractivity contribution in [3.8, 4) is 17.0 Å². The number of oxazole rings is 1. The molecule has 0 aliphatic carbocycles. The average Bonchev–Trinajstić information content (AvgIpc) is 3.10. The molecule has 0 saturated carbocycles. The lowest BCUT2D eigenvalue weighted by atomic mass is 9.86. The number of aromatic nitrogens is 4. The molecule has 5 heterocycles. The van der Waals surface area contributed by atoms with Crippen LogP contribution in [0.3, 0.4) is 0 Å². The summed E-state index contributed by atoms with van der Waals surface area (Å²) < 4.78 is 17.0. The van der Waals surface area contributed by atoms with Crippen molar-refractivity contribution in [2.45, 2.75) is 32.8 Å². The Hall–Kier alpha value is -3.72. The van der Waals surface area contributed by atoms with Crippen LogP contribution in [-0.4, -0.2) is 52.3 Å². The SMILES string of the molecule is COc1cc(-c2nc(C)oc2C)ccc1Nc1ncc2cc(C)nc(N3CC4(CCO4)C3)c2n1. The quantitative estimate of drug-likeness (QED) is 0.468. The molecule has 34 heavy (non-hydrogen) atoms. The molecule has 2 saturated heterocycles. The molecule has 9 heteroatoms. The summed E-state index contributed by atoms with van der Waals surface area (Å²) in [5, 5.41) is 4.27. The third-order valence-electron chi connectivity index (χ3n) is 6.52. The Balaban J connectivity index is 1.32. The van der Waals surface area contributed by atoms with Crippen molar-refractivity contribution in [1.82, 2.24) is 19.9 Å². The highest BCUT2D eigenvalue weighted by Crippen LogP contribution is 2.40. The van der Waals surface area contributed by atoms with Crippen molar-refractivity contribution in [3.05, 3.63) is 47.8 Å². The summed E-state index contributed by atoms with van der Waals surface area (Å²) in [6.45, 7) is 8.28. The number of hydrogen-bond donors (Lipinski definition) is 1. The van der Waals surface area contributed by atoms with E-state index < -0.39 is 0 Å². The van der Waals surface area contributed by atoms with Gasteiger partial charge in [-0.2, -0.15) is 0 Å². The summed E-state index contributed by atoms with van der Waals surface area (Å²) in [7, 11) is 1.64. The number of aryl methyl sites for hydroxylation is 3. The van der Waals surface area contributed by atoms with Crippen LogP contribution in [0.4, 0.5) is 17.5 Å². The molecule has 2 fully saturated rings. The molecule has 4 aromatic rings. The van der Waals surface area contributed by atoms with Gasteiger partial charge >= 0.3 is 0 Å². The van der Waals surface area contributed by atoms with E-state index in [1.54, 1.807) is 7.11 Å². The summed E-state index contributed by atoms with van der Waals surface area (Å²) >= 11 is 0. The maximum Gasteiger partial charge on any atom is 0.227 e. The molecule has 0 bridgehead atoms. The number of benzene rings is 1. The molecule has 0 radical (unpaired) electrons. The Kier molecular flexibility index (Phi) is 4.70. The van der Waals surface area contributed by atoms with Gasteiger partial charge in [0.1, 0.15) is 28.3 Å². The number of nitrogens with zero attached hydrogens (tertiary/aromatic N) is 5. The van der Waals surface area contributed by atoms with Gasteiger partial charge in [0.2, 0.25) is 5.95 Å². The van der Waals surface area contributed by atoms with Crippen molar-refractivity contribution in [2.75, 3.05) is 37.0 Å². The monoisotopic (exact) mass is 458 g/mol. The minimum Gasteiger partial charge on any atom is -0.495 e. The van der Waals surface area contributed by atoms with Crippen LogP contribution in [0.1, 0.15) is 23.8 Å². The number of hydrogen-bond acceptors (Lipinski definition) is 9. The highest BCUT2D eigenvalue weighted by Gasteiger charge is 2.50. The Morgan fingerprint density at radius 3 is 2.59 bits per heavy atom. The van der Waals surface area contributed by atoms with E-state index in [1.165, 1.54) is 0 Å². The van der Waals surface area contributed by atoms with Crippen molar-refractivity contribution in [2.24, 2.45) is 0 Å². The lowest BCUT2D eigenvalue weighted by molar-refractivity contribution is -0.161. The number of pyridine rings is 1. The predicted octanol–water partition coefficient (Wildman–Crippen LogP) is 4.34. The lowest BCUT2D eigenvalue weighted by Gasteiger charge is -2.55. The summed E-state index contributed by atoms with van der Waals surface area (Å²) in [6, 6.07) is 7.86. The second-order valence-corrected chi connectivity index (χ2v) is 9.03. The third kappa shape index (κ3) is 3.43. The van der Waals surface area contributed by atoms with E-state index in [0.717, 1.165) is 71.2 Å². The van der Waals surface area contributed by atoms with Gasteiger partial charge in [-0.05, 0) is 32.0 Å². The van der Waals surface area contributed by atoms with E-state index in [4.69, 9.17) is 23.9 Å². The van der Waals surface area contributed by atoms with Gasteiger partial charge in [0.25, 0.3) is 0 Å². The zero-order valence-electron chi connectivity index (χ0n) is 19.7. The number of nitrogens with one attached hydrogen (secondary N) is 1. The fraction of sp³-hybridized carbons (Fsp3) is 0.360. The fourth-order valence-electron chi connectivity index (χ4n) is 4.73. The van der Waals surface area contributed by atoms with Crippen molar-refractivity contribution in [3.63, 3.8) is 0 Å². The van der Waals surface area contributed by atoms with Crippen LogP contribution in [0.25, 0.3) is 22.2 Å². The second-order valence-electron chi connectivity index (χ2n) is 9.03. The van der Waals surface area contributed by atoms with E-state index in [9.17, 15) is 0 Å². The van der Waals surface area contributed by atoms with Gasteiger partial charge in [0, 0.05) is 36.2 Å². The second kappa shape index (κ2) is 7.66. The maximum atomic E-state index is 5.79. The summed E-state index contributed by atoms with van der Waals surface area (Å²) in [6.07, 6.45) is 2.94. The Morgan fingerprint density at radius 1 is 1.09 bits per heavy atom. The minimum absolute atomic E-state index is 0.0156. The number of anilines is 3. The molecule has 2 aliphatic heterocycles. The topological polar surface area (TPSA) is 98.4 Å². The normalized spacial score (nSPS) is 16.4. The van der Waals surface area contributed by atoms with Gasteiger partial charge in [-0.25, -0.2) is 19.9 Å². The zero-order valence-corrected chi connectivity index (χ0v) is 19.7. The molecule has 6 rings (SSSR count). The fourth-order valence-corrected chi connectivity index (χ4v) is 4.73. The van der Waals surface area contributed by atoms with E-state index in [0.29, 0.717) is 17.6 Å². The first-order valence-electron chi connectivity index (χ1n) is 11.4. The molecule has 0 amide bonds. The van der Waals surface area contributed by atoms with E-state index in [-0.39, 0.29) is 5.60 Å². The summed E-state index contributed by atoms with van der Waals surface area (Å²) in [5.74, 6) is 3.42. The smallest absolute Gasteiger partial charge is 0.227 e. The van der Waals surface area contributed by atoms with Crippen LogP contribution in [0.5, 0.6) is 5.75 Å². The van der Waals surface area contributed by atoms with Crippen molar-refractivity contribution in [1.29, 1.82) is 0 Å². The highest BCUT2D eigenvalue weighted by atomic mass is 16.5. The zero-order chi connectivity index (χ0) is 23.4. The molecule has 9 nitrogen and oxygen atoms in total. The molecule has 174 valence electrons. The lowest BCUT2D eigenvalue weighted by Crippen LogP contribution is -2.68. The first-order chi connectivity index (χ1) is 16.4. The minimum atomic E-state index is 0.0156. The Bertz CT molecular complexity index is 1400. The molecule has 0 atom stereocenters. The standard InChI is InChI=1S/C25H26N6O3/c1-14-9-18-11-26-24(30-22(18)23(27-14)31-12-25(13-31)7-8-33-25)29-19-6-5-17(10-20(19)32-4)21-15(2)34-16(3)28-21/h5-6,9-11H,7-8,12-13H2,1-4H3,(H,26,29,30). The van der Waals surface area contributed by atoms with Crippen LogP contribution in [0, 0.1) is 20.8 Å². The van der Waals surface area contributed by atoms with Gasteiger partial charge in [0.15, 0.2) is 11.7 Å². The Labute approximate surface area is 197 Å². The summed E-state index contributed by atoms with van der Waals surface area (Å²) in [5.41, 5.74) is 4.26. The van der Waals surface area contributed by atoms with Crippen LogP contribution >= 0.6 is 0 Å². The molecule has 1 N–H and O–H groups in total. The molecule has 0 unspecified atom stereocenters. The highest BCUT2D eigenvalue weighted by molar-refractivity contribution is 5.90. The molecular formula is C25H26N6O3. The summed E-state index contributed by atoms with van der Waals surface area (Å²) in [4.78, 5) is 20.9. The maximum absolute atomic E-state index is 5.79. The van der Waals surface area contributed by atoms with Crippen LogP contribution in [0.2, 0.25) is 0 Å².